The van der Waals surface area contributed by atoms with E-state index in [0.717, 1.165) is 17.7 Å². The van der Waals surface area contributed by atoms with Crippen molar-refractivity contribution in [3.8, 4) is 11.1 Å². The summed E-state index contributed by atoms with van der Waals surface area (Å²) in [5, 5.41) is 15.4. The van der Waals surface area contributed by atoms with E-state index in [4.69, 9.17) is 4.74 Å². The largest absolute Gasteiger partial charge is 0.481 e. The number of ether oxygens (including phenoxy) is 1. The number of fused-ring (bicyclic) bond motifs is 3. The predicted octanol–water partition coefficient (Wildman–Crippen LogP) is 3.37. The molecule has 152 valence electrons. The molecule has 3 N–H and O–H groups in total. The lowest BCUT2D eigenvalue weighted by molar-refractivity contribution is -0.139. The van der Waals surface area contributed by atoms with Gasteiger partial charge in [0, 0.05) is 12.5 Å². The second-order valence-electron chi connectivity index (χ2n) is 8.24. The zero-order valence-electron chi connectivity index (χ0n) is 16.5. The van der Waals surface area contributed by atoms with Gasteiger partial charge in [0.1, 0.15) is 6.61 Å². The average Bonchev–Trinajstić information content (AvgIpc) is 2.99. The van der Waals surface area contributed by atoms with E-state index in [0.29, 0.717) is 13.0 Å². The van der Waals surface area contributed by atoms with Gasteiger partial charge in [-0.05, 0) is 41.1 Å². The van der Waals surface area contributed by atoms with Gasteiger partial charge in [-0.25, -0.2) is 4.79 Å². The Morgan fingerprint density at radius 2 is 1.76 bits per heavy atom. The smallest absolute Gasteiger partial charge is 0.407 e. The standard InChI is InChI=1S/C23H26N2O4/c1-15-10-23(11-21(26)27,14-24-12-15)25-22(28)29-13-20-18-8-4-2-6-16(18)17-7-3-5-9-19(17)20/h2-9,15,20,24H,10-14H2,1H3,(H,25,28)(H,26,27). The van der Waals surface area contributed by atoms with Gasteiger partial charge < -0.3 is 20.5 Å². The molecule has 2 aromatic carbocycles. The molecule has 1 fully saturated rings. The highest BCUT2D eigenvalue weighted by molar-refractivity contribution is 5.79. The maximum absolute atomic E-state index is 12.6. The number of alkyl carbamates (subject to hydrolysis) is 1. The number of piperidine rings is 1. The lowest BCUT2D eigenvalue weighted by Gasteiger charge is -2.39. The molecule has 2 atom stereocenters. The second-order valence-corrected chi connectivity index (χ2v) is 8.24. The van der Waals surface area contributed by atoms with Gasteiger partial charge in [0.2, 0.25) is 0 Å². The fourth-order valence-electron chi connectivity index (χ4n) is 4.78. The van der Waals surface area contributed by atoms with E-state index >= 15 is 0 Å². The molecule has 0 radical (unpaired) electrons. The van der Waals surface area contributed by atoms with Crippen LogP contribution in [0.25, 0.3) is 11.1 Å². The third-order valence-corrected chi connectivity index (χ3v) is 5.90. The first kappa shape index (κ1) is 19.5. The molecule has 0 bridgehead atoms. The van der Waals surface area contributed by atoms with Crippen LogP contribution in [0.15, 0.2) is 48.5 Å². The highest BCUT2D eigenvalue weighted by Crippen LogP contribution is 2.44. The predicted molar refractivity (Wildman–Crippen MR) is 110 cm³/mol. The van der Waals surface area contributed by atoms with Gasteiger partial charge >= 0.3 is 12.1 Å². The van der Waals surface area contributed by atoms with Crippen molar-refractivity contribution in [2.24, 2.45) is 5.92 Å². The Kier molecular flexibility index (Phi) is 5.28. The van der Waals surface area contributed by atoms with Gasteiger partial charge in [0.05, 0.1) is 12.0 Å². The van der Waals surface area contributed by atoms with Crippen LogP contribution < -0.4 is 10.6 Å². The molecule has 0 spiro atoms. The molecule has 0 saturated carbocycles. The summed E-state index contributed by atoms with van der Waals surface area (Å²) in [7, 11) is 0. The highest BCUT2D eigenvalue weighted by Gasteiger charge is 2.39. The molecule has 4 rings (SSSR count). The molecule has 0 aromatic heterocycles. The molecular weight excluding hydrogens is 368 g/mol. The van der Waals surface area contributed by atoms with E-state index in [-0.39, 0.29) is 24.9 Å². The van der Waals surface area contributed by atoms with Gasteiger partial charge in [0.15, 0.2) is 0 Å². The molecule has 1 aliphatic heterocycles. The average molecular weight is 394 g/mol. The Morgan fingerprint density at radius 3 is 2.34 bits per heavy atom. The van der Waals surface area contributed by atoms with Crippen molar-refractivity contribution in [2.75, 3.05) is 19.7 Å². The summed E-state index contributed by atoms with van der Waals surface area (Å²) in [5.74, 6) is -0.677. The highest BCUT2D eigenvalue weighted by atomic mass is 16.5. The molecule has 29 heavy (non-hydrogen) atoms. The van der Waals surface area contributed by atoms with E-state index < -0.39 is 17.6 Å². The Balaban J connectivity index is 1.47. The van der Waals surface area contributed by atoms with Gasteiger partial charge in [-0.15, -0.1) is 0 Å². The second kappa shape index (κ2) is 7.87. The number of rotatable bonds is 5. The minimum absolute atomic E-state index is 0.0213. The SMILES string of the molecule is CC1CNCC(CC(=O)O)(NC(=O)OCC2c3ccccc3-c3ccccc32)C1. The molecule has 1 saturated heterocycles. The molecule has 1 heterocycles. The third kappa shape index (κ3) is 3.98. The molecule has 1 aliphatic carbocycles. The minimum atomic E-state index is -0.931. The van der Waals surface area contributed by atoms with Crippen LogP contribution in [0.1, 0.15) is 36.8 Å². The number of benzene rings is 2. The zero-order chi connectivity index (χ0) is 20.4. The lowest BCUT2D eigenvalue weighted by Crippen LogP contribution is -2.60. The van der Waals surface area contributed by atoms with Gasteiger partial charge in [-0.1, -0.05) is 55.5 Å². The van der Waals surface area contributed by atoms with Crippen molar-refractivity contribution in [1.82, 2.24) is 10.6 Å². The molecule has 2 aromatic rings. The van der Waals surface area contributed by atoms with E-state index in [2.05, 4.69) is 34.9 Å². The Morgan fingerprint density at radius 1 is 1.14 bits per heavy atom. The van der Waals surface area contributed by atoms with Crippen LogP contribution in [0.2, 0.25) is 0 Å². The molecule has 1 amide bonds. The Labute approximate surface area is 170 Å². The van der Waals surface area contributed by atoms with Crippen LogP contribution in [0.3, 0.4) is 0 Å². The van der Waals surface area contributed by atoms with Crippen LogP contribution in [0, 0.1) is 5.92 Å². The maximum Gasteiger partial charge on any atom is 0.407 e. The zero-order valence-corrected chi connectivity index (χ0v) is 16.5. The fourth-order valence-corrected chi connectivity index (χ4v) is 4.78. The number of nitrogens with one attached hydrogen (secondary N) is 2. The van der Waals surface area contributed by atoms with Crippen molar-refractivity contribution in [3.63, 3.8) is 0 Å². The van der Waals surface area contributed by atoms with Crippen LogP contribution in [0.5, 0.6) is 0 Å². The van der Waals surface area contributed by atoms with E-state index in [9.17, 15) is 14.7 Å². The third-order valence-electron chi connectivity index (χ3n) is 5.90. The fraction of sp³-hybridized carbons (Fsp3) is 0.391. The first-order valence-electron chi connectivity index (χ1n) is 10.0. The van der Waals surface area contributed by atoms with E-state index in [1.165, 1.54) is 11.1 Å². The van der Waals surface area contributed by atoms with E-state index in [1.807, 2.05) is 31.2 Å². The van der Waals surface area contributed by atoms with E-state index in [1.54, 1.807) is 0 Å². The first-order chi connectivity index (χ1) is 14.0. The van der Waals surface area contributed by atoms with Crippen LogP contribution >= 0.6 is 0 Å². The number of carboxylic acid groups (broad SMARTS) is 1. The molecule has 6 heteroatoms. The number of carboxylic acids is 1. The van der Waals surface area contributed by atoms with Gasteiger partial charge in [-0.3, -0.25) is 4.79 Å². The minimum Gasteiger partial charge on any atom is -0.481 e. The summed E-state index contributed by atoms with van der Waals surface area (Å²) in [5.41, 5.74) is 3.81. The number of carbonyl (C=O) groups excluding carboxylic acids is 1. The number of amides is 1. The van der Waals surface area contributed by atoms with Crippen molar-refractivity contribution in [2.45, 2.75) is 31.2 Å². The normalized spacial score (nSPS) is 23.1. The number of aliphatic carboxylic acids is 1. The quantitative estimate of drug-likeness (QED) is 0.724. The van der Waals surface area contributed by atoms with Crippen molar-refractivity contribution in [3.05, 3.63) is 59.7 Å². The first-order valence-corrected chi connectivity index (χ1v) is 10.0. The number of hydrogen-bond acceptors (Lipinski definition) is 4. The van der Waals surface area contributed by atoms with Gasteiger partial charge in [0.25, 0.3) is 0 Å². The van der Waals surface area contributed by atoms with Crippen LogP contribution in [0.4, 0.5) is 4.79 Å². The topological polar surface area (TPSA) is 87.7 Å². The van der Waals surface area contributed by atoms with Crippen molar-refractivity contribution >= 4 is 12.1 Å². The molecule has 6 nitrogen and oxygen atoms in total. The molecular formula is C23H26N2O4. The summed E-state index contributed by atoms with van der Waals surface area (Å²) in [6, 6.07) is 16.3. The Hall–Kier alpha value is -2.86. The monoisotopic (exact) mass is 394 g/mol. The summed E-state index contributed by atoms with van der Waals surface area (Å²) in [6.07, 6.45) is -0.0885. The van der Waals surface area contributed by atoms with Crippen LogP contribution in [-0.2, 0) is 9.53 Å². The number of carbonyl (C=O) groups is 2. The van der Waals surface area contributed by atoms with Crippen molar-refractivity contribution < 1.29 is 19.4 Å². The summed E-state index contributed by atoms with van der Waals surface area (Å²) in [4.78, 5) is 24.0. The Bertz CT molecular complexity index is 883. The maximum atomic E-state index is 12.6. The van der Waals surface area contributed by atoms with Gasteiger partial charge in [-0.2, -0.15) is 0 Å². The molecule has 2 aliphatic rings. The molecule has 2 unspecified atom stereocenters. The van der Waals surface area contributed by atoms with Crippen LogP contribution in [-0.4, -0.2) is 42.4 Å². The summed E-state index contributed by atoms with van der Waals surface area (Å²) < 4.78 is 5.61. The summed E-state index contributed by atoms with van der Waals surface area (Å²) in [6.45, 7) is 3.50. The summed E-state index contributed by atoms with van der Waals surface area (Å²) >= 11 is 0. The van der Waals surface area contributed by atoms with Crippen molar-refractivity contribution in [1.29, 1.82) is 0 Å². The number of hydrogen-bond donors (Lipinski definition) is 3. The lowest BCUT2D eigenvalue weighted by atomic mass is 9.82.